The minimum Gasteiger partial charge on any atom is -0.495 e. The average molecular weight is 633 g/mol. The van der Waals surface area contributed by atoms with Gasteiger partial charge in [0.1, 0.15) is 17.6 Å². The van der Waals surface area contributed by atoms with Crippen LogP contribution in [0.5, 0.6) is 5.75 Å². The average Bonchev–Trinajstić information content (AvgIpc) is 3.46. The largest absolute Gasteiger partial charge is 0.495 e. The van der Waals surface area contributed by atoms with E-state index in [2.05, 4.69) is 48.4 Å². The van der Waals surface area contributed by atoms with Crippen molar-refractivity contribution in [3.8, 4) is 5.75 Å². The number of halogens is 1. The second kappa shape index (κ2) is 11.6. The van der Waals surface area contributed by atoms with Crippen LogP contribution in [0.3, 0.4) is 0 Å². The zero-order chi connectivity index (χ0) is 26.8. The highest BCUT2D eigenvalue weighted by Crippen LogP contribution is 2.41. The molecule has 1 atom stereocenters. The number of methoxy groups -OCH3 is 1. The number of hydrogen-bond acceptors (Lipinski definition) is 7. The van der Waals surface area contributed by atoms with Gasteiger partial charge in [-0.05, 0) is 62.4 Å². The van der Waals surface area contributed by atoms with Gasteiger partial charge in [-0.3, -0.25) is 9.59 Å². The smallest absolute Gasteiger partial charge is 0.251 e. The lowest BCUT2D eigenvalue weighted by Crippen LogP contribution is -2.55. The van der Waals surface area contributed by atoms with E-state index in [1.54, 1.807) is 18.1 Å². The number of benzene rings is 1. The standard InChI is InChI=1S/C28H37IN6O3/c1-4-22-28(37)33(2)23-11-12-25(32-26(23)35(22)20-7-5-6-8-20)31-21-10-9-18(17-24(21)38-3)27(36)30-19-13-15-34(29)16-14-19/h9-12,17,19-20,22H,4-8,13-16H2,1-3H3,(H,30,36)(H,31,32)/t22-/m1/s1. The third-order valence-corrected chi connectivity index (χ3v) is 8.98. The molecule has 1 aromatic heterocycles. The molecule has 1 saturated heterocycles. The number of amides is 2. The Hall–Kier alpha value is -2.60. The van der Waals surface area contributed by atoms with E-state index in [0.717, 1.165) is 62.4 Å². The van der Waals surface area contributed by atoms with Crippen molar-refractivity contribution in [2.75, 3.05) is 42.4 Å². The maximum atomic E-state index is 13.2. The first-order valence-corrected chi connectivity index (χ1v) is 14.6. The second-order valence-electron chi connectivity index (χ2n) is 10.4. The van der Waals surface area contributed by atoms with Gasteiger partial charge in [0.25, 0.3) is 5.91 Å². The van der Waals surface area contributed by atoms with E-state index in [0.29, 0.717) is 23.2 Å². The van der Waals surface area contributed by atoms with Crippen LogP contribution in [0.25, 0.3) is 0 Å². The Morgan fingerprint density at radius 1 is 1.13 bits per heavy atom. The molecule has 1 aromatic carbocycles. The summed E-state index contributed by atoms with van der Waals surface area (Å²) in [6.45, 7) is 4.03. The van der Waals surface area contributed by atoms with Gasteiger partial charge in [0.05, 0.1) is 18.5 Å². The van der Waals surface area contributed by atoms with Crippen LogP contribution in [-0.4, -0.2) is 65.3 Å². The van der Waals surface area contributed by atoms with E-state index in [4.69, 9.17) is 9.72 Å². The molecule has 2 amide bonds. The Bertz CT molecular complexity index is 1180. The first kappa shape index (κ1) is 27.0. The molecule has 10 heteroatoms. The number of nitrogens with one attached hydrogen (secondary N) is 2. The summed E-state index contributed by atoms with van der Waals surface area (Å²) in [5, 5.41) is 6.56. The lowest BCUT2D eigenvalue weighted by molar-refractivity contribution is -0.120. The van der Waals surface area contributed by atoms with E-state index < -0.39 is 0 Å². The number of anilines is 4. The van der Waals surface area contributed by atoms with Crippen molar-refractivity contribution in [1.82, 2.24) is 13.4 Å². The van der Waals surface area contributed by atoms with Gasteiger partial charge in [-0.25, -0.2) is 8.10 Å². The molecule has 2 fully saturated rings. The van der Waals surface area contributed by atoms with Gasteiger partial charge >= 0.3 is 0 Å². The van der Waals surface area contributed by atoms with Gasteiger partial charge in [0, 0.05) is 60.6 Å². The number of rotatable bonds is 7. The van der Waals surface area contributed by atoms with Crippen molar-refractivity contribution >= 4 is 57.7 Å². The molecule has 3 heterocycles. The van der Waals surface area contributed by atoms with Crippen LogP contribution in [0.1, 0.15) is 62.2 Å². The number of aromatic nitrogens is 1. The maximum Gasteiger partial charge on any atom is 0.251 e. The van der Waals surface area contributed by atoms with Crippen molar-refractivity contribution < 1.29 is 14.3 Å². The van der Waals surface area contributed by atoms with Crippen molar-refractivity contribution in [1.29, 1.82) is 0 Å². The highest BCUT2D eigenvalue weighted by Gasteiger charge is 2.40. The summed E-state index contributed by atoms with van der Waals surface area (Å²) in [5.41, 5.74) is 2.14. The van der Waals surface area contributed by atoms with Crippen LogP contribution in [-0.2, 0) is 4.79 Å². The molecule has 1 aliphatic carbocycles. The summed E-state index contributed by atoms with van der Waals surface area (Å²) in [7, 11) is 3.44. The topological polar surface area (TPSA) is 90.0 Å². The predicted molar refractivity (Wildman–Crippen MR) is 159 cm³/mol. The number of carbonyl (C=O) groups is 2. The fourth-order valence-corrected chi connectivity index (χ4v) is 6.44. The van der Waals surface area contributed by atoms with Crippen LogP contribution < -0.4 is 25.2 Å². The van der Waals surface area contributed by atoms with E-state index >= 15 is 0 Å². The lowest BCUT2D eigenvalue weighted by Gasteiger charge is -2.43. The fraction of sp³-hybridized carbons (Fsp3) is 0.536. The van der Waals surface area contributed by atoms with Gasteiger partial charge in [-0.1, -0.05) is 19.8 Å². The Kier molecular flexibility index (Phi) is 8.27. The summed E-state index contributed by atoms with van der Waals surface area (Å²) < 4.78 is 7.91. The number of likely N-dealkylation sites (N-methyl/N-ethyl adjacent to an activating group) is 1. The van der Waals surface area contributed by atoms with Gasteiger partial charge in [-0.15, -0.1) is 0 Å². The second-order valence-corrected chi connectivity index (χ2v) is 11.8. The molecule has 9 nitrogen and oxygen atoms in total. The maximum absolute atomic E-state index is 13.2. The number of piperidine rings is 1. The molecule has 2 N–H and O–H groups in total. The molecule has 2 aromatic rings. The number of fused-ring (bicyclic) bond motifs is 1. The number of hydrogen-bond donors (Lipinski definition) is 2. The van der Waals surface area contributed by atoms with E-state index in [1.165, 1.54) is 12.8 Å². The molecule has 0 unspecified atom stereocenters. The highest BCUT2D eigenvalue weighted by molar-refractivity contribution is 14.1. The minimum absolute atomic E-state index is 0.0841. The minimum atomic E-state index is -0.199. The first-order chi connectivity index (χ1) is 18.4. The molecule has 38 heavy (non-hydrogen) atoms. The molecular weight excluding hydrogens is 595 g/mol. The zero-order valence-electron chi connectivity index (χ0n) is 22.4. The molecule has 0 radical (unpaired) electrons. The van der Waals surface area contributed by atoms with Crippen LogP contribution in [0, 0.1) is 0 Å². The molecule has 3 aliphatic rings. The SMILES string of the molecule is CC[C@@H]1C(=O)N(C)c2ccc(Nc3ccc(C(=O)NC4CCN(I)CC4)cc3OC)nc2N1C1CCCC1. The summed E-state index contributed by atoms with van der Waals surface area (Å²) in [6.07, 6.45) is 7.18. The zero-order valence-corrected chi connectivity index (χ0v) is 24.5. The normalized spacial score (nSPS) is 20.9. The van der Waals surface area contributed by atoms with E-state index in [-0.39, 0.29) is 23.9 Å². The van der Waals surface area contributed by atoms with Gasteiger partial charge in [0.2, 0.25) is 5.91 Å². The monoisotopic (exact) mass is 632 g/mol. The van der Waals surface area contributed by atoms with Gasteiger partial charge < -0.3 is 25.2 Å². The molecule has 1 saturated carbocycles. The van der Waals surface area contributed by atoms with E-state index in [9.17, 15) is 9.59 Å². The Morgan fingerprint density at radius 2 is 1.87 bits per heavy atom. The van der Waals surface area contributed by atoms with E-state index in [1.807, 2.05) is 31.3 Å². The number of carbonyl (C=O) groups excluding carboxylic acids is 2. The number of nitrogens with zero attached hydrogens (tertiary/aromatic N) is 4. The molecule has 0 bridgehead atoms. The molecular formula is C28H37IN6O3. The molecule has 5 rings (SSSR count). The van der Waals surface area contributed by atoms with Crippen molar-refractivity contribution in [2.45, 2.75) is 70.0 Å². The quantitative estimate of drug-likeness (QED) is 0.332. The number of ether oxygens (including phenoxy) is 1. The molecule has 204 valence electrons. The van der Waals surface area contributed by atoms with Crippen LogP contribution in [0.2, 0.25) is 0 Å². The third-order valence-electron chi connectivity index (χ3n) is 8.02. The summed E-state index contributed by atoms with van der Waals surface area (Å²) in [6, 6.07) is 9.63. The predicted octanol–water partition coefficient (Wildman–Crippen LogP) is 4.88. The fourth-order valence-electron chi connectivity index (χ4n) is 5.89. The summed E-state index contributed by atoms with van der Waals surface area (Å²) in [4.78, 5) is 35.1. The van der Waals surface area contributed by atoms with Crippen LogP contribution >= 0.6 is 22.9 Å². The van der Waals surface area contributed by atoms with Crippen molar-refractivity contribution in [3.63, 3.8) is 0 Å². The van der Waals surface area contributed by atoms with Crippen LogP contribution in [0.15, 0.2) is 30.3 Å². The van der Waals surface area contributed by atoms with Crippen LogP contribution in [0.4, 0.5) is 23.0 Å². The van der Waals surface area contributed by atoms with Gasteiger partial charge in [0.15, 0.2) is 5.82 Å². The van der Waals surface area contributed by atoms with Crippen molar-refractivity contribution in [2.24, 2.45) is 0 Å². The lowest BCUT2D eigenvalue weighted by atomic mass is 10.0. The van der Waals surface area contributed by atoms with Gasteiger partial charge in [-0.2, -0.15) is 0 Å². The third kappa shape index (κ3) is 5.42. The first-order valence-electron chi connectivity index (χ1n) is 13.6. The highest BCUT2D eigenvalue weighted by atomic mass is 127. The Morgan fingerprint density at radius 3 is 2.55 bits per heavy atom. The molecule has 0 spiro atoms. The summed E-state index contributed by atoms with van der Waals surface area (Å²) in [5.74, 6) is 2.14. The summed E-state index contributed by atoms with van der Waals surface area (Å²) >= 11 is 2.33. The Labute approximate surface area is 238 Å². The molecule has 2 aliphatic heterocycles. The van der Waals surface area contributed by atoms with Crippen molar-refractivity contribution in [3.05, 3.63) is 35.9 Å². The Balaban J connectivity index is 1.38. The number of pyridine rings is 1.